The molecule has 0 unspecified atom stereocenters. The van der Waals surface area contributed by atoms with Gasteiger partial charge in [-0.1, -0.05) is 37.6 Å². The van der Waals surface area contributed by atoms with Crippen molar-refractivity contribution in [2.45, 2.75) is 19.8 Å². The van der Waals surface area contributed by atoms with E-state index < -0.39 is 0 Å². The molecule has 18 heavy (non-hydrogen) atoms. The molecule has 0 saturated carbocycles. The average molecular weight is 244 g/mol. The monoisotopic (exact) mass is 244 g/mol. The Bertz CT molecular complexity index is 503. The standard InChI is InChI=1S/C14H16N2O2/c1-3-4-10-5-7-11(8-6-10)9-12-13(17)16(2)14(18)15-12/h5-9H,3-4H2,1-2H3,(H,15,18)/b12-9+. The zero-order valence-corrected chi connectivity index (χ0v) is 10.6. The lowest BCUT2D eigenvalue weighted by atomic mass is 10.1. The Kier molecular flexibility index (Phi) is 3.46. The third kappa shape index (κ3) is 2.42. The second kappa shape index (κ2) is 5.04. The Morgan fingerprint density at radius 2 is 1.89 bits per heavy atom. The van der Waals surface area contributed by atoms with Crippen LogP contribution in [0, 0.1) is 0 Å². The molecule has 1 aromatic rings. The fourth-order valence-corrected chi connectivity index (χ4v) is 1.86. The van der Waals surface area contributed by atoms with Gasteiger partial charge < -0.3 is 5.32 Å². The van der Waals surface area contributed by atoms with Gasteiger partial charge in [-0.25, -0.2) is 4.79 Å². The fourth-order valence-electron chi connectivity index (χ4n) is 1.86. The van der Waals surface area contributed by atoms with Crippen LogP contribution in [-0.4, -0.2) is 23.9 Å². The molecule has 3 amide bonds. The molecular formula is C14H16N2O2. The molecule has 4 nitrogen and oxygen atoms in total. The predicted molar refractivity (Wildman–Crippen MR) is 69.7 cm³/mol. The second-order valence-electron chi connectivity index (χ2n) is 4.34. The van der Waals surface area contributed by atoms with Crippen molar-refractivity contribution in [1.29, 1.82) is 0 Å². The molecule has 1 aliphatic heterocycles. The SMILES string of the molecule is CCCc1ccc(/C=C2/NC(=O)N(C)C2=O)cc1. The fraction of sp³-hybridized carbons (Fsp3) is 0.286. The van der Waals surface area contributed by atoms with E-state index in [0.717, 1.165) is 23.3 Å². The number of hydrogen-bond donors (Lipinski definition) is 1. The molecule has 1 aromatic carbocycles. The number of benzene rings is 1. The van der Waals surface area contributed by atoms with E-state index >= 15 is 0 Å². The van der Waals surface area contributed by atoms with Crippen molar-refractivity contribution in [3.8, 4) is 0 Å². The van der Waals surface area contributed by atoms with Crippen molar-refractivity contribution in [2.24, 2.45) is 0 Å². The van der Waals surface area contributed by atoms with Crippen LogP contribution in [0.3, 0.4) is 0 Å². The maximum atomic E-state index is 11.7. The molecule has 1 aliphatic rings. The van der Waals surface area contributed by atoms with Gasteiger partial charge in [-0.3, -0.25) is 9.69 Å². The van der Waals surface area contributed by atoms with E-state index in [9.17, 15) is 9.59 Å². The maximum Gasteiger partial charge on any atom is 0.328 e. The summed E-state index contributed by atoms with van der Waals surface area (Å²) in [5, 5.41) is 2.54. The summed E-state index contributed by atoms with van der Waals surface area (Å²) in [4.78, 5) is 24.0. The number of imide groups is 1. The van der Waals surface area contributed by atoms with Crippen molar-refractivity contribution < 1.29 is 9.59 Å². The van der Waals surface area contributed by atoms with Gasteiger partial charge in [-0.15, -0.1) is 0 Å². The number of nitrogens with one attached hydrogen (secondary N) is 1. The minimum absolute atomic E-state index is 0.294. The number of aryl methyl sites for hydroxylation is 1. The van der Waals surface area contributed by atoms with Crippen LogP contribution >= 0.6 is 0 Å². The molecule has 0 bridgehead atoms. The highest BCUT2D eigenvalue weighted by Crippen LogP contribution is 2.13. The quantitative estimate of drug-likeness (QED) is 0.654. The first-order chi connectivity index (χ1) is 8.61. The van der Waals surface area contributed by atoms with E-state index in [1.54, 1.807) is 6.08 Å². The number of likely N-dealkylation sites (N-methyl/N-ethyl adjacent to an activating group) is 1. The Morgan fingerprint density at radius 3 is 2.39 bits per heavy atom. The number of carbonyl (C=O) groups is 2. The smallest absolute Gasteiger partial charge is 0.303 e. The summed E-state index contributed by atoms with van der Waals surface area (Å²) in [6.07, 6.45) is 3.86. The van der Waals surface area contributed by atoms with E-state index in [4.69, 9.17) is 0 Å². The predicted octanol–water partition coefficient (Wildman–Crippen LogP) is 2.16. The second-order valence-corrected chi connectivity index (χ2v) is 4.34. The van der Waals surface area contributed by atoms with Gasteiger partial charge in [0.05, 0.1) is 0 Å². The molecule has 0 spiro atoms. The van der Waals surface area contributed by atoms with E-state index in [2.05, 4.69) is 12.2 Å². The molecule has 1 fully saturated rings. The molecule has 1 heterocycles. The highest BCUT2D eigenvalue weighted by molar-refractivity contribution is 6.13. The number of rotatable bonds is 3. The van der Waals surface area contributed by atoms with E-state index in [1.807, 2.05) is 24.3 Å². The van der Waals surface area contributed by atoms with Crippen molar-refractivity contribution in [3.63, 3.8) is 0 Å². The molecule has 4 heteroatoms. The minimum Gasteiger partial charge on any atom is -0.303 e. The summed E-state index contributed by atoms with van der Waals surface area (Å²) in [5.41, 5.74) is 2.51. The van der Waals surface area contributed by atoms with Gasteiger partial charge in [-0.05, 0) is 23.6 Å². The molecule has 94 valence electrons. The van der Waals surface area contributed by atoms with Gasteiger partial charge in [0.1, 0.15) is 5.70 Å². The van der Waals surface area contributed by atoms with Crippen LogP contribution in [0.25, 0.3) is 6.08 Å². The van der Waals surface area contributed by atoms with Crippen LogP contribution in [-0.2, 0) is 11.2 Å². The third-order valence-corrected chi connectivity index (χ3v) is 2.91. The van der Waals surface area contributed by atoms with Crippen molar-refractivity contribution in [1.82, 2.24) is 10.2 Å². The van der Waals surface area contributed by atoms with E-state index in [1.165, 1.54) is 12.6 Å². The first-order valence-corrected chi connectivity index (χ1v) is 6.01. The first kappa shape index (κ1) is 12.4. The summed E-state index contributed by atoms with van der Waals surface area (Å²) in [5.74, 6) is -0.294. The number of hydrogen-bond acceptors (Lipinski definition) is 2. The Balaban J connectivity index is 2.18. The van der Waals surface area contributed by atoms with Gasteiger partial charge >= 0.3 is 6.03 Å². The Hall–Kier alpha value is -2.10. The molecule has 0 aliphatic carbocycles. The highest BCUT2D eigenvalue weighted by Gasteiger charge is 2.29. The van der Waals surface area contributed by atoms with Gasteiger partial charge in [0.25, 0.3) is 5.91 Å². The van der Waals surface area contributed by atoms with Gasteiger partial charge in [0.2, 0.25) is 0 Å². The molecular weight excluding hydrogens is 228 g/mol. The van der Waals surface area contributed by atoms with Crippen molar-refractivity contribution in [3.05, 3.63) is 41.1 Å². The Morgan fingerprint density at radius 1 is 1.22 bits per heavy atom. The maximum absolute atomic E-state index is 11.7. The van der Waals surface area contributed by atoms with Crippen LogP contribution in [0.4, 0.5) is 4.79 Å². The zero-order chi connectivity index (χ0) is 13.1. The summed E-state index contributed by atoms with van der Waals surface area (Å²) in [6, 6.07) is 7.61. The number of urea groups is 1. The average Bonchev–Trinajstić information content (AvgIpc) is 2.60. The minimum atomic E-state index is -0.381. The van der Waals surface area contributed by atoms with Crippen LogP contribution in [0.15, 0.2) is 30.0 Å². The summed E-state index contributed by atoms with van der Waals surface area (Å²) in [6.45, 7) is 2.14. The first-order valence-electron chi connectivity index (χ1n) is 6.01. The molecule has 1 N–H and O–H groups in total. The number of nitrogens with zero attached hydrogens (tertiary/aromatic N) is 1. The number of amides is 3. The molecule has 2 rings (SSSR count). The molecule has 1 saturated heterocycles. The van der Waals surface area contributed by atoms with Gasteiger partial charge in [-0.2, -0.15) is 0 Å². The highest BCUT2D eigenvalue weighted by atomic mass is 16.2. The van der Waals surface area contributed by atoms with Crippen LogP contribution in [0.2, 0.25) is 0 Å². The zero-order valence-electron chi connectivity index (χ0n) is 10.6. The van der Waals surface area contributed by atoms with E-state index in [0.29, 0.717) is 5.70 Å². The summed E-state index contributed by atoms with van der Waals surface area (Å²) in [7, 11) is 1.46. The van der Waals surface area contributed by atoms with Crippen molar-refractivity contribution >= 4 is 18.0 Å². The summed E-state index contributed by atoms with van der Waals surface area (Å²) >= 11 is 0. The Labute approximate surface area is 106 Å². The normalized spacial score (nSPS) is 17.4. The lowest BCUT2D eigenvalue weighted by molar-refractivity contribution is -0.121. The van der Waals surface area contributed by atoms with Crippen LogP contribution in [0.5, 0.6) is 0 Å². The molecule has 0 radical (unpaired) electrons. The van der Waals surface area contributed by atoms with Crippen molar-refractivity contribution in [2.75, 3.05) is 7.05 Å². The van der Waals surface area contributed by atoms with Crippen LogP contribution < -0.4 is 5.32 Å². The van der Waals surface area contributed by atoms with Gasteiger partial charge in [0, 0.05) is 7.05 Å². The topological polar surface area (TPSA) is 49.4 Å². The largest absolute Gasteiger partial charge is 0.328 e. The van der Waals surface area contributed by atoms with E-state index in [-0.39, 0.29) is 11.9 Å². The lowest BCUT2D eigenvalue weighted by Crippen LogP contribution is -2.25. The molecule has 0 aromatic heterocycles. The number of carbonyl (C=O) groups excluding carboxylic acids is 2. The lowest BCUT2D eigenvalue weighted by Gasteiger charge is -2.01. The molecule has 0 atom stereocenters. The summed E-state index contributed by atoms with van der Waals surface area (Å²) < 4.78 is 0. The van der Waals surface area contributed by atoms with Crippen LogP contribution in [0.1, 0.15) is 24.5 Å². The van der Waals surface area contributed by atoms with Gasteiger partial charge in [0.15, 0.2) is 0 Å². The third-order valence-electron chi connectivity index (χ3n) is 2.91.